The fourth-order valence-corrected chi connectivity index (χ4v) is 2.10. The van der Waals surface area contributed by atoms with Gasteiger partial charge in [-0.3, -0.25) is 4.79 Å². The Morgan fingerprint density at radius 1 is 0.800 bits per heavy atom. The molecule has 0 bridgehead atoms. The summed E-state index contributed by atoms with van der Waals surface area (Å²) in [6, 6.07) is 13.1. The first-order valence-electron chi connectivity index (χ1n) is 4.81. The molecular weight excluding hydrogens is 183 g/mol. The molecule has 1 aliphatic rings. The standard InChI is InChI=1S/C13H7BO/c14-11-7-3-6-10-12(11)8-4-1-2-5-9(8)13(10)15/h1-7H. The van der Waals surface area contributed by atoms with Crippen molar-refractivity contribution in [3.05, 3.63) is 53.6 Å². The third-order valence-electron chi connectivity index (χ3n) is 2.78. The van der Waals surface area contributed by atoms with E-state index in [1.807, 2.05) is 42.5 Å². The SMILES string of the molecule is [B]c1cccc2c1-c1ccccc1C2=O. The molecule has 15 heavy (non-hydrogen) atoms. The van der Waals surface area contributed by atoms with Gasteiger partial charge in [-0.1, -0.05) is 47.9 Å². The molecule has 1 aliphatic carbocycles. The van der Waals surface area contributed by atoms with Crippen molar-refractivity contribution in [2.45, 2.75) is 0 Å². The fraction of sp³-hybridized carbons (Fsp3) is 0. The maximum Gasteiger partial charge on any atom is 0.194 e. The van der Waals surface area contributed by atoms with E-state index in [2.05, 4.69) is 0 Å². The molecule has 0 N–H and O–H groups in total. The van der Waals surface area contributed by atoms with Crippen molar-refractivity contribution in [2.75, 3.05) is 0 Å². The van der Waals surface area contributed by atoms with Crippen LogP contribution in [0.5, 0.6) is 0 Å². The van der Waals surface area contributed by atoms with Gasteiger partial charge in [0.05, 0.1) is 0 Å². The van der Waals surface area contributed by atoms with Crippen molar-refractivity contribution >= 4 is 19.1 Å². The van der Waals surface area contributed by atoms with E-state index < -0.39 is 0 Å². The number of ketones is 1. The number of rotatable bonds is 0. The topological polar surface area (TPSA) is 17.1 Å². The Kier molecular flexibility index (Phi) is 1.60. The molecule has 0 heterocycles. The molecular formula is C13H7BO. The van der Waals surface area contributed by atoms with Crippen LogP contribution in [0.25, 0.3) is 11.1 Å². The Labute approximate surface area is 89.2 Å². The lowest BCUT2D eigenvalue weighted by Gasteiger charge is -2.03. The summed E-state index contributed by atoms with van der Waals surface area (Å²) >= 11 is 0. The predicted octanol–water partition coefficient (Wildman–Crippen LogP) is 1.69. The van der Waals surface area contributed by atoms with Crippen LogP contribution in [0.4, 0.5) is 0 Å². The van der Waals surface area contributed by atoms with Crippen LogP contribution in [0.1, 0.15) is 15.9 Å². The first kappa shape index (κ1) is 8.48. The van der Waals surface area contributed by atoms with E-state index in [0.29, 0.717) is 5.46 Å². The lowest BCUT2D eigenvalue weighted by molar-refractivity contribution is 0.104. The van der Waals surface area contributed by atoms with Crippen LogP contribution >= 0.6 is 0 Å². The zero-order valence-electron chi connectivity index (χ0n) is 8.03. The van der Waals surface area contributed by atoms with Crippen LogP contribution in [-0.4, -0.2) is 13.6 Å². The lowest BCUT2D eigenvalue weighted by Crippen LogP contribution is -2.07. The second-order valence-corrected chi connectivity index (χ2v) is 3.64. The number of fused-ring (bicyclic) bond motifs is 3. The molecule has 2 heteroatoms. The first-order chi connectivity index (χ1) is 7.29. The number of carbonyl (C=O) groups excluding carboxylic acids is 1. The van der Waals surface area contributed by atoms with Crippen molar-refractivity contribution in [1.29, 1.82) is 0 Å². The minimum absolute atomic E-state index is 0.0768. The maximum absolute atomic E-state index is 12.0. The average Bonchev–Trinajstić information content (AvgIpc) is 2.55. The lowest BCUT2D eigenvalue weighted by atomic mass is 9.87. The zero-order valence-corrected chi connectivity index (χ0v) is 8.03. The Hall–Kier alpha value is -1.83. The van der Waals surface area contributed by atoms with Gasteiger partial charge in [-0.05, 0) is 11.1 Å². The molecule has 0 amide bonds. The van der Waals surface area contributed by atoms with Crippen LogP contribution in [0.2, 0.25) is 0 Å². The molecule has 2 radical (unpaired) electrons. The number of carbonyl (C=O) groups is 1. The molecule has 2 aromatic carbocycles. The third-order valence-corrected chi connectivity index (χ3v) is 2.78. The van der Waals surface area contributed by atoms with Crippen molar-refractivity contribution < 1.29 is 4.79 Å². The summed E-state index contributed by atoms with van der Waals surface area (Å²) in [5, 5.41) is 0. The summed E-state index contributed by atoms with van der Waals surface area (Å²) in [6.07, 6.45) is 0. The Morgan fingerprint density at radius 3 is 2.27 bits per heavy atom. The van der Waals surface area contributed by atoms with E-state index in [0.717, 1.165) is 22.3 Å². The highest BCUT2D eigenvalue weighted by Gasteiger charge is 2.26. The van der Waals surface area contributed by atoms with Gasteiger partial charge in [0.25, 0.3) is 0 Å². The normalized spacial score (nSPS) is 12.4. The highest BCUT2D eigenvalue weighted by Crippen LogP contribution is 2.34. The van der Waals surface area contributed by atoms with Crippen LogP contribution < -0.4 is 5.46 Å². The fourth-order valence-electron chi connectivity index (χ4n) is 2.10. The van der Waals surface area contributed by atoms with Gasteiger partial charge in [0.2, 0.25) is 0 Å². The van der Waals surface area contributed by atoms with Gasteiger partial charge in [0, 0.05) is 11.1 Å². The van der Waals surface area contributed by atoms with E-state index in [4.69, 9.17) is 7.85 Å². The molecule has 0 fully saturated rings. The van der Waals surface area contributed by atoms with Gasteiger partial charge < -0.3 is 0 Å². The Bertz CT molecular complexity index is 572. The summed E-state index contributed by atoms with van der Waals surface area (Å²) in [5.41, 5.74) is 3.99. The second-order valence-electron chi connectivity index (χ2n) is 3.64. The molecule has 3 rings (SSSR count). The van der Waals surface area contributed by atoms with Crippen LogP contribution in [0.15, 0.2) is 42.5 Å². The molecule has 0 unspecified atom stereocenters. The summed E-state index contributed by atoms with van der Waals surface area (Å²) in [4.78, 5) is 12.0. The van der Waals surface area contributed by atoms with Crippen molar-refractivity contribution in [2.24, 2.45) is 0 Å². The monoisotopic (exact) mass is 190 g/mol. The molecule has 0 saturated heterocycles. The predicted molar refractivity (Wildman–Crippen MR) is 60.7 cm³/mol. The third kappa shape index (κ3) is 1.02. The largest absolute Gasteiger partial charge is 0.289 e. The van der Waals surface area contributed by atoms with Crippen molar-refractivity contribution in [3.8, 4) is 11.1 Å². The van der Waals surface area contributed by atoms with Gasteiger partial charge in [0.1, 0.15) is 7.85 Å². The first-order valence-corrected chi connectivity index (χ1v) is 4.81. The van der Waals surface area contributed by atoms with Crippen LogP contribution in [-0.2, 0) is 0 Å². The summed E-state index contributed by atoms with van der Waals surface area (Å²) in [7, 11) is 5.90. The van der Waals surface area contributed by atoms with Crippen molar-refractivity contribution in [1.82, 2.24) is 0 Å². The molecule has 0 atom stereocenters. The van der Waals surface area contributed by atoms with Gasteiger partial charge in [-0.2, -0.15) is 0 Å². The van der Waals surface area contributed by atoms with Gasteiger partial charge >= 0.3 is 0 Å². The average molecular weight is 190 g/mol. The molecule has 2 aromatic rings. The zero-order chi connectivity index (χ0) is 10.4. The molecule has 68 valence electrons. The van der Waals surface area contributed by atoms with E-state index in [1.165, 1.54) is 0 Å². The highest BCUT2D eigenvalue weighted by molar-refractivity contribution is 6.39. The molecule has 0 spiro atoms. The van der Waals surface area contributed by atoms with Crippen molar-refractivity contribution in [3.63, 3.8) is 0 Å². The smallest absolute Gasteiger partial charge is 0.194 e. The molecule has 0 aliphatic heterocycles. The van der Waals surface area contributed by atoms with Crippen LogP contribution in [0, 0.1) is 0 Å². The summed E-state index contributed by atoms with van der Waals surface area (Å²) in [6.45, 7) is 0. The summed E-state index contributed by atoms with van der Waals surface area (Å²) < 4.78 is 0. The van der Waals surface area contributed by atoms with Gasteiger partial charge in [-0.25, -0.2) is 0 Å². The number of hydrogen-bond acceptors (Lipinski definition) is 1. The Balaban J connectivity index is 2.45. The molecule has 0 saturated carbocycles. The maximum atomic E-state index is 12.0. The van der Waals surface area contributed by atoms with E-state index in [1.54, 1.807) is 0 Å². The summed E-state index contributed by atoms with van der Waals surface area (Å²) in [5.74, 6) is 0.0768. The van der Waals surface area contributed by atoms with Gasteiger partial charge in [0.15, 0.2) is 5.78 Å². The van der Waals surface area contributed by atoms with E-state index >= 15 is 0 Å². The van der Waals surface area contributed by atoms with E-state index in [-0.39, 0.29) is 5.78 Å². The van der Waals surface area contributed by atoms with Gasteiger partial charge in [-0.15, -0.1) is 0 Å². The Morgan fingerprint density at radius 2 is 1.47 bits per heavy atom. The second kappa shape index (κ2) is 2.83. The molecule has 0 aromatic heterocycles. The minimum atomic E-state index is 0.0768. The quantitative estimate of drug-likeness (QED) is 0.493. The molecule has 1 nitrogen and oxygen atoms in total. The minimum Gasteiger partial charge on any atom is -0.289 e. The van der Waals surface area contributed by atoms with Crippen LogP contribution in [0.3, 0.4) is 0 Å². The highest BCUT2D eigenvalue weighted by atomic mass is 16.1. The van der Waals surface area contributed by atoms with E-state index in [9.17, 15) is 4.79 Å². The number of benzene rings is 2. The number of hydrogen-bond donors (Lipinski definition) is 0.